The zero-order chi connectivity index (χ0) is 13.7. The second-order valence-electron chi connectivity index (χ2n) is 6.16. The molecule has 2 rings (SSSR count). The van der Waals surface area contributed by atoms with Gasteiger partial charge < -0.3 is 9.80 Å². The Kier molecular flexibility index (Phi) is 5.45. The van der Waals surface area contributed by atoms with E-state index in [1.54, 1.807) is 0 Å². The predicted molar refractivity (Wildman–Crippen MR) is 79.9 cm³/mol. The normalized spacial score (nSPS) is 23.8. The Balaban J connectivity index is 1.84. The lowest BCUT2D eigenvalue weighted by Crippen LogP contribution is -2.46. The maximum atomic E-state index is 5.65. The van der Waals surface area contributed by atoms with E-state index in [9.17, 15) is 0 Å². The number of nitrogens with two attached hydrogens (primary N) is 1. The van der Waals surface area contributed by atoms with Crippen LogP contribution in [0.2, 0.25) is 0 Å². The molecule has 110 valence electrons. The molecule has 0 amide bonds. The first-order chi connectivity index (χ1) is 9.19. The summed E-state index contributed by atoms with van der Waals surface area (Å²) in [4.78, 5) is 9.38. The van der Waals surface area contributed by atoms with Gasteiger partial charge in [-0.25, -0.2) is 10.8 Å². The van der Waals surface area contributed by atoms with Crippen LogP contribution in [-0.4, -0.2) is 55.5 Å². The van der Waals surface area contributed by atoms with Crippen LogP contribution in [0.4, 0.5) is 0 Å². The van der Waals surface area contributed by atoms with Gasteiger partial charge in [-0.1, -0.05) is 12.8 Å². The lowest BCUT2D eigenvalue weighted by molar-refractivity contribution is 0.199. The number of nitrogens with zero attached hydrogens (tertiary/aromatic N) is 3. The largest absolute Gasteiger partial charge is 0.345 e. The van der Waals surface area contributed by atoms with E-state index < -0.39 is 0 Å². The van der Waals surface area contributed by atoms with Crippen LogP contribution in [-0.2, 0) is 0 Å². The average molecular weight is 267 g/mol. The monoisotopic (exact) mass is 267 g/mol. The number of guanidine groups is 1. The summed E-state index contributed by atoms with van der Waals surface area (Å²) in [5, 5.41) is 0. The van der Waals surface area contributed by atoms with Crippen LogP contribution < -0.4 is 11.3 Å². The van der Waals surface area contributed by atoms with Gasteiger partial charge in [-0.05, 0) is 51.7 Å². The first-order valence-corrected chi connectivity index (χ1v) is 7.63. The summed E-state index contributed by atoms with van der Waals surface area (Å²) < 4.78 is 0. The van der Waals surface area contributed by atoms with E-state index in [1.165, 1.54) is 51.6 Å². The zero-order valence-electron chi connectivity index (χ0n) is 12.4. The molecule has 2 fully saturated rings. The van der Waals surface area contributed by atoms with Crippen molar-refractivity contribution in [1.82, 2.24) is 15.2 Å². The molecule has 0 unspecified atom stereocenters. The number of nitrogens with one attached hydrogen (secondary N) is 1. The van der Waals surface area contributed by atoms with Gasteiger partial charge in [0.25, 0.3) is 0 Å². The highest BCUT2D eigenvalue weighted by molar-refractivity contribution is 5.79. The van der Waals surface area contributed by atoms with Gasteiger partial charge in [-0.2, -0.15) is 0 Å². The molecule has 0 spiro atoms. The van der Waals surface area contributed by atoms with Crippen LogP contribution in [0, 0.1) is 5.92 Å². The minimum atomic E-state index is 0.478. The van der Waals surface area contributed by atoms with Crippen LogP contribution in [0.3, 0.4) is 0 Å². The first-order valence-electron chi connectivity index (χ1n) is 7.63. The molecule has 3 N–H and O–H groups in total. The van der Waals surface area contributed by atoms with Crippen LogP contribution in [0.15, 0.2) is 4.99 Å². The van der Waals surface area contributed by atoms with Gasteiger partial charge >= 0.3 is 0 Å². The third kappa shape index (κ3) is 4.35. The SMILES string of the molecule is CN1CCC(CN(C)C(=NC2CCCC2)NN)CC1. The van der Waals surface area contributed by atoms with E-state index in [4.69, 9.17) is 10.8 Å². The highest BCUT2D eigenvalue weighted by Crippen LogP contribution is 2.21. The Morgan fingerprint density at radius 2 is 1.89 bits per heavy atom. The van der Waals surface area contributed by atoms with Gasteiger partial charge in [0.15, 0.2) is 0 Å². The summed E-state index contributed by atoms with van der Waals surface area (Å²) in [6, 6.07) is 0.478. The number of aliphatic imine (C=N–C) groups is 1. The number of likely N-dealkylation sites (tertiary alicyclic amines) is 1. The molecule has 2 aliphatic rings. The van der Waals surface area contributed by atoms with E-state index in [-0.39, 0.29) is 0 Å². The molecule has 0 bridgehead atoms. The lowest BCUT2D eigenvalue weighted by atomic mass is 9.97. The maximum absolute atomic E-state index is 5.65. The van der Waals surface area contributed by atoms with Crippen molar-refractivity contribution >= 4 is 5.96 Å². The van der Waals surface area contributed by atoms with Gasteiger partial charge in [-0.15, -0.1) is 0 Å². The minimum Gasteiger partial charge on any atom is -0.345 e. The molecule has 1 aliphatic heterocycles. The quantitative estimate of drug-likeness (QED) is 0.347. The lowest BCUT2D eigenvalue weighted by Gasteiger charge is -2.32. The summed E-state index contributed by atoms with van der Waals surface area (Å²) in [6.45, 7) is 3.48. The molecule has 1 aliphatic carbocycles. The predicted octanol–water partition coefficient (Wildman–Crippen LogP) is 1.02. The summed E-state index contributed by atoms with van der Waals surface area (Å²) in [6.07, 6.45) is 7.61. The summed E-state index contributed by atoms with van der Waals surface area (Å²) in [5.41, 5.74) is 2.79. The molecule has 0 radical (unpaired) electrons. The Morgan fingerprint density at radius 3 is 2.47 bits per heavy atom. The third-order valence-electron chi connectivity index (χ3n) is 4.49. The van der Waals surface area contributed by atoms with E-state index in [0.29, 0.717) is 6.04 Å². The minimum absolute atomic E-state index is 0.478. The number of piperidine rings is 1. The average Bonchev–Trinajstić information content (AvgIpc) is 2.91. The van der Waals surface area contributed by atoms with Gasteiger partial charge in [-0.3, -0.25) is 5.43 Å². The van der Waals surface area contributed by atoms with Crippen molar-refractivity contribution in [2.24, 2.45) is 16.8 Å². The Labute approximate surface area is 117 Å². The van der Waals surface area contributed by atoms with Gasteiger partial charge in [0.2, 0.25) is 5.96 Å². The second-order valence-corrected chi connectivity index (χ2v) is 6.16. The van der Waals surface area contributed by atoms with Crippen LogP contribution in [0.1, 0.15) is 38.5 Å². The van der Waals surface area contributed by atoms with Crippen LogP contribution >= 0.6 is 0 Å². The summed E-state index contributed by atoms with van der Waals surface area (Å²) in [7, 11) is 4.31. The van der Waals surface area contributed by atoms with E-state index in [0.717, 1.165) is 18.4 Å². The van der Waals surface area contributed by atoms with Gasteiger partial charge in [0.1, 0.15) is 0 Å². The Bertz CT molecular complexity index is 290. The van der Waals surface area contributed by atoms with Crippen molar-refractivity contribution in [3.8, 4) is 0 Å². The third-order valence-corrected chi connectivity index (χ3v) is 4.49. The van der Waals surface area contributed by atoms with Gasteiger partial charge in [0.05, 0.1) is 6.04 Å². The van der Waals surface area contributed by atoms with Crippen LogP contribution in [0.5, 0.6) is 0 Å². The van der Waals surface area contributed by atoms with E-state index >= 15 is 0 Å². The van der Waals surface area contributed by atoms with Crippen molar-refractivity contribution in [3.05, 3.63) is 0 Å². The van der Waals surface area contributed by atoms with Crippen LogP contribution in [0.25, 0.3) is 0 Å². The van der Waals surface area contributed by atoms with E-state index in [1.807, 2.05) is 0 Å². The van der Waals surface area contributed by atoms with Gasteiger partial charge in [0, 0.05) is 13.6 Å². The van der Waals surface area contributed by atoms with Crippen molar-refractivity contribution in [3.63, 3.8) is 0 Å². The standard InChI is InChI=1S/C14H29N5/c1-18-9-7-12(8-10-18)11-19(2)14(17-15)16-13-5-3-4-6-13/h12-13H,3-11,15H2,1-2H3,(H,16,17). The van der Waals surface area contributed by atoms with Crippen molar-refractivity contribution in [2.45, 2.75) is 44.6 Å². The number of hydrogen-bond donors (Lipinski definition) is 2. The number of rotatable bonds is 3. The Morgan fingerprint density at radius 1 is 1.26 bits per heavy atom. The van der Waals surface area contributed by atoms with E-state index in [2.05, 4.69) is 29.3 Å². The van der Waals surface area contributed by atoms with Crippen molar-refractivity contribution in [2.75, 3.05) is 33.7 Å². The molecule has 0 aromatic rings. The first kappa shape index (κ1) is 14.6. The molecular weight excluding hydrogens is 238 g/mol. The molecular formula is C14H29N5. The Hall–Kier alpha value is -0.810. The molecule has 0 atom stereocenters. The maximum Gasteiger partial charge on any atom is 0.208 e. The fraction of sp³-hybridized carbons (Fsp3) is 0.929. The molecule has 0 aromatic carbocycles. The zero-order valence-corrected chi connectivity index (χ0v) is 12.4. The molecule has 5 nitrogen and oxygen atoms in total. The fourth-order valence-electron chi connectivity index (χ4n) is 3.17. The molecule has 5 heteroatoms. The summed E-state index contributed by atoms with van der Waals surface area (Å²) >= 11 is 0. The summed E-state index contributed by atoms with van der Waals surface area (Å²) in [5.74, 6) is 7.28. The topological polar surface area (TPSA) is 56.9 Å². The van der Waals surface area contributed by atoms with Crippen molar-refractivity contribution < 1.29 is 0 Å². The highest BCUT2D eigenvalue weighted by Gasteiger charge is 2.20. The molecule has 19 heavy (non-hydrogen) atoms. The highest BCUT2D eigenvalue weighted by atomic mass is 15.4. The van der Waals surface area contributed by atoms with Crippen molar-refractivity contribution in [1.29, 1.82) is 0 Å². The molecule has 1 saturated carbocycles. The molecule has 0 aromatic heterocycles. The smallest absolute Gasteiger partial charge is 0.208 e. The fourth-order valence-corrected chi connectivity index (χ4v) is 3.17. The molecule has 1 saturated heterocycles. The number of hydrogen-bond acceptors (Lipinski definition) is 3. The molecule has 1 heterocycles. The number of hydrazine groups is 1. The second kappa shape index (κ2) is 7.10.